The van der Waals surface area contributed by atoms with Gasteiger partial charge in [-0.05, 0) is 43.0 Å². The lowest BCUT2D eigenvalue weighted by atomic mass is 10.0. The van der Waals surface area contributed by atoms with Crippen molar-refractivity contribution in [2.75, 3.05) is 12.8 Å². The van der Waals surface area contributed by atoms with E-state index in [9.17, 15) is 0 Å². The zero-order chi connectivity index (χ0) is 18.4. The largest absolute Gasteiger partial charge is 0.397 e. The topological polar surface area (TPSA) is 42.2 Å². The van der Waals surface area contributed by atoms with Crippen molar-refractivity contribution in [3.63, 3.8) is 0 Å². The Labute approximate surface area is 151 Å². The minimum absolute atomic E-state index is 0.342. The number of nitrogen functional groups attached to an aromatic ring is 1. The first-order valence-electron chi connectivity index (χ1n) is 8.78. The fourth-order valence-corrected chi connectivity index (χ4v) is 3.24. The number of anilines is 1. The maximum atomic E-state index is 6.22. The summed E-state index contributed by atoms with van der Waals surface area (Å²) in [4.78, 5) is 6.70. The predicted molar refractivity (Wildman–Crippen MR) is 107 cm³/mol. The van der Waals surface area contributed by atoms with Crippen LogP contribution >= 0.6 is 0 Å². The van der Waals surface area contributed by atoms with Gasteiger partial charge in [-0.3, -0.25) is 4.98 Å². The van der Waals surface area contributed by atoms with E-state index < -0.39 is 0 Å². The van der Waals surface area contributed by atoms with E-state index in [0.29, 0.717) is 6.04 Å². The van der Waals surface area contributed by atoms with Crippen molar-refractivity contribution >= 4 is 5.69 Å². The van der Waals surface area contributed by atoms with E-state index in [0.717, 1.165) is 41.1 Å². The molecule has 1 aromatic heterocycles. The van der Waals surface area contributed by atoms with Crippen LogP contribution in [-0.4, -0.2) is 16.9 Å². The SMILES string of the molecule is C=C/C(=C\N(C)C(CC)c1ccccc1)Cc1cc(C)nc(C)c1N. The number of aromatic nitrogens is 1. The number of pyridine rings is 1. The highest BCUT2D eigenvalue weighted by Gasteiger charge is 2.13. The molecule has 1 heterocycles. The van der Waals surface area contributed by atoms with E-state index in [4.69, 9.17) is 5.73 Å². The van der Waals surface area contributed by atoms with Gasteiger partial charge in [0.05, 0.1) is 17.4 Å². The molecule has 0 aliphatic rings. The molecule has 1 aromatic carbocycles. The molecule has 3 heteroatoms. The van der Waals surface area contributed by atoms with Crippen molar-refractivity contribution < 1.29 is 0 Å². The van der Waals surface area contributed by atoms with Gasteiger partial charge < -0.3 is 10.6 Å². The summed E-state index contributed by atoms with van der Waals surface area (Å²) < 4.78 is 0. The molecule has 0 saturated carbocycles. The van der Waals surface area contributed by atoms with Crippen LogP contribution in [-0.2, 0) is 6.42 Å². The summed E-state index contributed by atoms with van der Waals surface area (Å²) in [6.45, 7) is 10.2. The predicted octanol–water partition coefficient (Wildman–Crippen LogP) is 4.98. The van der Waals surface area contributed by atoms with Gasteiger partial charge in [-0.1, -0.05) is 49.9 Å². The molecule has 3 nitrogen and oxygen atoms in total. The summed E-state index contributed by atoms with van der Waals surface area (Å²) in [5.74, 6) is 0. The van der Waals surface area contributed by atoms with Crippen LogP contribution in [0.4, 0.5) is 5.69 Å². The Morgan fingerprint density at radius 3 is 2.56 bits per heavy atom. The Bertz CT molecular complexity index is 747. The molecule has 0 aliphatic heterocycles. The second-order valence-electron chi connectivity index (χ2n) is 6.51. The van der Waals surface area contributed by atoms with Crippen LogP contribution in [0, 0.1) is 13.8 Å². The van der Waals surface area contributed by atoms with Gasteiger partial charge in [0.2, 0.25) is 0 Å². The van der Waals surface area contributed by atoms with Crippen molar-refractivity contribution in [3.05, 3.63) is 83.3 Å². The quantitative estimate of drug-likeness (QED) is 0.726. The normalized spacial score (nSPS) is 12.7. The van der Waals surface area contributed by atoms with Gasteiger partial charge in [0.25, 0.3) is 0 Å². The van der Waals surface area contributed by atoms with Crippen molar-refractivity contribution in [1.82, 2.24) is 9.88 Å². The van der Waals surface area contributed by atoms with Gasteiger partial charge in [0, 0.05) is 25.4 Å². The molecule has 0 fully saturated rings. The van der Waals surface area contributed by atoms with Crippen LogP contribution in [0.5, 0.6) is 0 Å². The fraction of sp³-hybridized carbons (Fsp3) is 0.318. The minimum Gasteiger partial charge on any atom is -0.397 e. The molecule has 1 unspecified atom stereocenters. The zero-order valence-electron chi connectivity index (χ0n) is 15.8. The van der Waals surface area contributed by atoms with Gasteiger partial charge >= 0.3 is 0 Å². The number of allylic oxidation sites excluding steroid dienone is 2. The van der Waals surface area contributed by atoms with Crippen LogP contribution in [0.1, 0.15) is 41.9 Å². The van der Waals surface area contributed by atoms with E-state index in [1.54, 1.807) is 0 Å². The average Bonchev–Trinajstić information content (AvgIpc) is 2.60. The summed E-state index contributed by atoms with van der Waals surface area (Å²) in [6, 6.07) is 13.0. The lowest BCUT2D eigenvalue weighted by Crippen LogP contribution is -2.19. The molecule has 0 radical (unpaired) electrons. The zero-order valence-corrected chi connectivity index (χ0v) is 15.8. The summed E-state index contributed by atoms with van der Waals surface area (Å²) in [6.07, 6.45) is 5.89. The Kier molecular flexibility index (Phi) is 6.40. The molecule has 0 aliphatic carbocycles. The Balaban J connectivity index is 2.26. The molecule has 0 amide bonds. The molecular formula is C22H29N3. The molecule has 0 bridgehead atoms. The van der Waals surface area contributed by atoms with Crippen LogP contribution in [0.25, 0.3) is 0 Å². The molecule has 25 heavy (non-hydrogen) atoms. The molecule has 0 spiro atoms. The van der Waals surface area contributed by atoms with Crippen LogP contribution in [0.2, 0.25) is 0 Å². The molecule has 132 valence electrons. The molecule has 1 atom stereocenters. The first kappa shape index (κ1) is 18.8. The molecule has 2 rings (SSSR count). The number of rotatable bonds is 7. The minimum atomic E-state index is 0.342. The third-order valence-corrected chi connectivity index (χ3v) is 4.55. The summed E-state index contributed by atoms with van der Waals surface area (Å²) >= 11 is 0. The summed E-state index contributed by atoms with van der Waals surface area (Å²) in [7, 11) is 2.12. The van der Waals surface area contributed by atoms with E-state index in [2.05, 4.69) is 73.0 Å². The smallest absolute Gasteiger partial charge is 0.0607 e. The van der Waals surface area contributed by atoms with Crippen molar-refractivity contribution in [2.24, 2.45) is 0 Å². The number of hydrogen-bond acceptors (Lipinski definition) is 3. The highest BCUT2D eigenvalue weighted by atomic mass is 15.1. The molecule has 2 aromatic rings. The van der Waals surface area contributed by atoms with Crippen molar-refractivity contribution in [3.8, 4) is 0 Å². The lowest BCUT2D eigenvalue weighted by molar-refractivity contribution is 0.326. The molecular weight excluding hydrogens is 306 g/mol. The van der Waals surface area contributed by atoms with Crippen LogP contribution < -0.4 is 5.73 Å². The van der Waals surface area contributed by atoms with Gasteiger partial charge in [-0.15, -0.1) is 0 Å². The highest BCUT2D eigenvalue weighted by Crippen LogP contribution is 2.25. The highest BCUT2D eigenvalue weighted by molar-refractivity contribution is 5.53. The summed E-state index contributed by atoms with van der Waals surface area (Å²) in [5.41, 5.74) is 12.5. The van der Waals surface area contributed by atoms with Crippen LogP contribution in [0.3, 0.4) is 0 Å². The number of hydrogen-bond donors (Lipinski definition) is 1. The maximum Gasteiger partial charge on any atom is 0.0607 e. The van der Waals surface area contributed by atoms with Gasteiger partial charge in [-0.25, -0.2) is 0 Å². The monoisotopic (exact) mass is 335 g/mol. The average molecular weight is 335 g/mol. The standard InChI is InChI=1S/C22H29N3/c1-6-18(14-20-13-16(3)24-17(4)22(20)23)15-25(5)21(7-2)19-11-9-8-10-12-19/h6,8-13,15,21H,1,7,14,23H2,2-5H3/b18-15+. The molecule has 0 saturated heterocycles. The fourth-order valence-electron chi connectivity index (χ4n) is 3.24. The second kappa shape index (κ2) is 8.52. The first-order chi connectivity index (χ1) is 12.0. The Morgan fingerprint density at radius 1 is 1.28 bits per heavy atom. The number of nitrogens with two attached hydrogens (primary N) is 1. The van der Waals surface area contributed by atoms with Gasteiger partial charge in [-0.2, -0.15) is 0 Å². The lowest BCUT2D eigenvalue weighted by Gasteiger charge is -2.27. The Morgan fingerprint density at radius 2 is 1.96 bits per heavy atom. The first-order valence-corrected chi connectivity index (χ1v) is 8.78. The van der Waals surface area contributed by atoms with E-state index in [1.165, 1.54) is 5.56 Å². The van der Waals surface area contributed by atoms with Gasteiger partial charge in [0.15, 0.2) is 0 Å². The van der Waals surface area contributed by atoms with E-state index in [1.807, 2.05) is 19.9 Å². The second-order valence-corrected chi connectivity index (χ2v) is 6.51. The van der Waals surface area contributed by atoms with Crippen LogP contribution in [0.15, 0.2) is 60.8 Å². The van der Waals surface area contributed by atoms with E-state index in [-0.39, 0.29) is 0 Å². The number of benzene rings is 1. The third-order valence-electron chi connectivity index (χ3n) is 4.55. The van der Waals surface area contributed by atoms with Crippen molar-refractivity contribution in [2.45, 2.75) is 39.7 Å². The third kappa shape index (κ3) is 4.72. The van der Waals surface area contributed by atoms with Gasteiger partial charge in [0.1, 0.15) is 0 Å². The summed E-state index contributed by atoms with van der Waals surface area (Å²) in [5, 5.41) is 0. The van der Waals surface area contributed by atoms with Crippen molar-refractivity contribution in [1.29, 1.82) is 0 Å². The number of aryl methyl sites for hydroxylation is 2. The molecule has 2 N–H and O–H groups in total. The Hall–Kier alpha value is -2.55. The number of nitrogens with zero attached hydrogens (tertiary/aromatic N) is 2. The van der Waals surface area contributed by atoms with E-state index >= 15 is 0 Å². The maximum absolute atomic E-state index is 6.22.